The van der Waals surface area contributed by atoms with Crippen molar-refractivity contribution in [2.75, 3.05) is 12.8 Å². The number of phenols is 1. The number of phenolic OH excluding ortho intramolecular Hbond substituents is 1. The van der Waals surface area contributed by atoms with Crippen molar-refractivity contribution in [1.29, 1.82) is 0 Å². The number of nitrogens with zero attached hydrogens (tertiary/aromatic N) is 3. The van der Waals surface area contributed by atoms with E-state index in [4.69, 9.17) is 10.5 Å². The Morgan fingerprint density at radius 3 is 2.74 bits per heavy atom. The highest BCUT2D eigenvalue weighted by molar-refractivity contribution is 5.81. The van der Waals surface area contributed by atoms with Crippen LogP contribution in [0.25, 0.3) is 11.3 Å². The highest BCUT2D eigenvalue weighted by atomic mass is 16.5. The van der Waals surface area contributed by atoms with E-state index in [2.05, 4.69) is 10.1 Å². The molecule has 0 saturated carbocycles. The molecule has 116 valence electrons. The molecular formula is C17H16N4O2. The smallest absolute Gasteiger partial charge is 0.221 e. The normalized spacial score (nSPS) is 11.0. The molecule has 0 radical (unpaired) electrons. The Morgan fingerprint density at radius 2 is 2.00 bits per heavy atom. The van der Waals surface area contributed by atoms with E-state index in [0.29, 0.717) is 11.7 Å². The molecule has 3 rings (SSSR count). The minimum Gasteiger partial charge on any atom is -0.504 e. The maximum atomic E-state index is 9.59. The van der Waals surface area contributed by atoms with Crippen LogP contribution in [0, 0.1) is 0 Å². The summed E-state index contributed by atoms with van der Waals surface area (Å²) < 4.78 is 6.57. The average molecular weight is 308 g/mol. The number of imidazole rings is 1. The molecule has 0 fully saturated rings. The lowest BCUT2D eigenvalue weighted by molar-refractivity contribution is 0.373. The molecule has 1 aromatic heterocycles. The summed E-state index contributed by atoms with van der Waals surface area (Å²) in [6.45, 7) is 0. The molecule has 2 aromatic carbocycles. The number of benzene rings is 2. The van der Waals surface area contributed by atoms with Gasteiger partial charge in [-0.3, -0.25) is 0 Å². The predicted molar refractivity (Wildman–Crippen MR) is 89.7 cm³/mol. The van der Waals surface area contributed by atoms with Gasteiger partial charge < -0.3 is 15.6 Å². The van der Waals surface area contributed by atoms with E-state index in [0.717, 1.165) is 16.8 Å². The lowest BCUT2D eigenvalue weighted by Crippen LogP contribution is -1.97. The molecule has 0 aliphatic heterocycles. The summed E-state index contributed by atoms with van der Waals surface area (Å²) in [5, 5.41) is 13.9. The van der Waals surface area contributed by atoms with Crippen LogP contribution >= 0.6 is 0 Å². The first kappa shape index (κ1) is 14.6. The van der Waals surface area contributed by atoms with Crippen molar-refractivity contribution in [3.05, 3.63) is 60.3 Å². The van der Waals surface area contributed by atoms with E-state index in [9.17, 15) is 5.11 Å². The van der Waals surface area contributed by atoms with Gasteiger partial charge in [0.05, 0.1) is 25.2 Å². The molecule has 0 atom stereocenters. The van der Waals surface area contributed by atoms with Crippen molar-refractivity contribution < 1.29 is 9.84 Å². The van der Waals surface area contributed by atoms with Crippen molar-refractivity contribution >= 4 is 12.2 Å². The third kappa shape index (κ3) is 3.16. The molecule has 0 saturated heterocycles. The summed E-state index contributed by atoms with van der Waals surface area (Å²) in [5.41, 5.74) is 8.39. The Hall–Kier alpha value is -3.28. The SMILES string of the molecule is COc1cc(C=Nn2cc(-c3ccccc3)nc2N)ccc1O. The zero-order chi connectivity index (χ0) is 16.2. The van der Waals surface area contributed by atoms with Gasteiger partial charge in [0, 0.05) is 5.56 Å². The van der Waals surface area contributed by atoms with Crippen molar-refractivity contribution in [2.45, 2.75) is 0 Å². The summed E-state index contributed by atoms with van der Waals surface area (Å²) >= 11 is 0. The van der Waals surface area contributed by atoms with Gasteiger partial charge in [-0.2, -0.15) is 5.10 Å². The largest absolute Gasteiger partial charge is 0.504 e. The molecule has 6 heteroatoms. The summed E-state index contributed by atoms with van der Waals surface area (Å²) in [6, 6.07) is 14.7. The van der Waals surface area contributed by atoms with E-state index in [1.165, 1.54) is 11.8 Å². The van der Waals surface area contributed by atoms with E-state index < -0.39 is 0 Å². The number of methoxy groups -OCH3 is 1. The second-order valence-electron chi connectivity index (χ2n) is 4.87. The van der Waals surface area contributed by atoms with E-state index in [1.807, 2.05) is 30.3 Å². The molecule has 0 spiro atoms. The second-order valence-corrected chi connectivity index (χ2v) is 4.87. The molecule has 1 heterocycles. The zero-order valence-corrected chi connectivity index (χ0v) is 12.5. The molecule has 6 nitrogen and oxygen atoms in total. The van der Waals surface area contributed by atoms with Crippen LogP contribution in [0.1, 0.15) is 5.56 Å². The van der Waals surface area contributed by atoms with Crippen LogP contribution in [0.3, 0.4) is 0 Å². The number of nitrogen functional groups attached to an aromatic ring is 1. The van der Waals surface area contributed by atoms with Crippen molar-refractivity contribution in [2.24, 2.45) is 5.10 Å². The van der Waals surface area contributed by atoms with Gasteiger partial charge in [-0.1, -0.05) is 30.3 Å². The first-order valence-corrected chi connectivity index (χ1v) is 6.99. The van der Waals surface area contributed by atoms with E-state index >= 15 is 0 Å². The monoisotopic (exact) mass is 308 g/mol. The third-order valence-corrected chi connectivity index (χ3v) is 3.32. The molecule has 0 unspecified atom stereocenters. The quantitative estimate of drug-likeness (QED) is 0.726. The van der Waals surface area contributed by atoms with E-state index in [1.54, 1.807) is 30.6 Å². The van der Waals surface area contributed by atoms with Gasteiger partial charge in [-0.05, 0) is 23.8 Å². The molecule has 0 aliphatic carbocycles. The Kier molecular flexibility index (Phi) is 3.97. The molecule has 0 bridgehead atoms. The Balaban J connectivity index is 1.87. The molecular weight excluding hydrogens is 292 g/mol. The fourth-order valence-corrected chi connectivity index (χ4v) is 2.13. The van der Waals surface area contributed by atoms with Crippen molar-refractivity contribution in [3.63, 3.8) is 0 Å². The van der Waals surface area contributed by atoms with Gasteiger partial charge in [0.25, 0.3) is 0 Å². The topological polar surface area (TPSA) is 85.7 Å². The summed E-state index contributed by atoms with van der Waals surface area (Å²) in [7, 11) is 1.50. The number of anilines is 1. The van der Waals surface area contributed by atoms with Crippen molar-refractivity contribution in [3.8, 4) is 22.8 Å². The third-order valence-electron chi connectivity index (χ3n) is 3.32. The minimum absolute atomic E-state index is 0.0816. The zero-order valence-electron chi connectivity index (χ0n) is 12.5. The van der Waals surface area contributed by atoms with Gasteiger partial charge in [-0.15, -0.1) is 0 Å². The van der Waals surface area contributed by atoms with Gasteiger partial charge in [0.1, 0.15) is 0 Å². The van der Waals surface area contributed by atoms with E-state index in [-0.39, 0.29) is 5.75 Å². The fraction of sp³-hybridized carbons (Fsp3) is 0.0588. The number of hydrogen-bond acceptors (Lipinski definition) is 5. The summed E-state index contributed by atoms with van der Waals surface area (Å²) in [5.74, 6) is 0.765. The number of rotatable bonds is 4. The molecule has 23 heavy (non-hydrogen) atoms. The van der Waals surface area contributed by atoms with Gasteiger partial charge >= 0.3 is 0 Å². The van der Waals surface area contributed by atoms with Gasteiger partial charge in [0.2, 0.25) is 5.95 Å². The molecule has 0 amide bonds. The molecule has 3 aromatic rings. The van der Waals surface area contributed by atoms with Crippen LogP contribution < -0.4 is 10.5 Å². The first-order chi connectivity index (χ1) is 11.2. The predicted octanol–water partition coefficient (Wildman–Crippen LogP) is 2.73. The fourth-order valence-electron chi connectivity index (χ4n) is 2.13. The number of nitrogens with two attached hydrogens (primary N) is 1. The lowest BCUT2D eigenvalue weighted by atomic mass is 10.2. The standard InChI is InChI=1S/C17H16N4O2/c1-23-16-9-12(7-8-15(16)22)10-19-21-11-14(20-17(21)18)13-5-3-2-4-6-13/h2-11,22H,1H3,(H2,18,20). The Bertz CT molecular complexity index is 841. The highest BCUT2D eigenvalue weighted by Gasteiger charge is 2.06. The Morgan fingerprint density at radius 1 is 1.22 bits per heavy atom. The Labute approximate surface area is 133 Å². The lowest BCUT2D eigenvalue weighted by Gasteiger charge is -2.03. The van der Waals surface area contributed by atoms with Crippen LogP contribution in [-0.4, -0.2) is 28.1 Å². The highest BCUT2D eigenvalue weighted by Crippen LogP contribution is 2.25. The molecule has 0 aliphatic rings. The second kappa shape index (κ2) is 6.23. The van der Waals surface area contributed by atoms with Crippen LogP contribution in [0.5, 0.6) is 11.5 Å². The maximum Gasteiger partial charge on any atom is 0.221 e. The summed E-state index contributed by atoms with van der Waals surface area (Å²) in [4.78, 5) is 4.30. The number of ether oxygens (including phenoxy) is 1. The molecule has 3 N–H and O–H groups in total. The van der Waals surface area contributed by atoms with Gasteiger partial charge in [-0.25, -0.2) is 9.66 Å². The van der Waals surface area contributed by atoms with Gasteiger partial charge in [0.15, 0.2) is 11.5 Å². The van der Waals surface area contributed by atoms with Crippen LogP contribution in [0.15, 0.2) is 59.8 Å². The average Bonchev–Trinajstić information content (AvgIpc) is 2.96. The summed E-state index contributed by atoms with van der Waals surface area (Å²) in [6.07, 6.45) is 3.38. The van der Waals surface area contributed by atoms with Crippen LogP contribution in [0.4, 0.5) is 5.95 Å². The number of aromatic nitrogens is 2. The first-order valence-electron chi connectivity index (χ1n) is 6.99. The number of hydrogen-bond donors (Lipinski definition) is 2. The minimum atomic E-state index is 0.0816. The van der Waals surface area contributed by atoms with Crippen molar-refractivity contribution in [1.82, 2.24) is 9.66 Å². The number of aromatic hydroxyl groups is 1. The maximum absolute atomic E-state index is 9.59. The van der Waals surface area contributed by atoms with Crippen LogP contribution in [-0.2, 0) is 0 Å². The van der Waals surface area contributed by atoms with Crippen LogP contribution in [0.2, 0.25) is 0 Å².